The summed E-state index contributed by atoms with van der Waals surface area (Å²) < 4.78 is 50.9. The highest BCUT2D eigenvalue weighted by atomic mass is 35.5. The van der Waals surface area contributed by atoms with Gasteiger partial charge in [0, 0.05) is 22.7 Å². The Labute approximate surface area is 211 Å². The Morgan fingerprint density at radius 1 is 1.14 bits per heavy atom. The molecule has 5 nitrogen and oxygen atoms in total. The highest BCUT2D eigenvalue weighted by molar-refractivity contribution is 6.30. The van der Waals surface area contributed by atoms with Gasteiger partial charge in [-0.05, 0) is 41.2 Å². The second kappa shape index (κ2) is 8.78. The minimum Gasteiger partial charge on any atom is -0.493 e. The molecule has 0 fully saturated rings. The molecule has 2 unspecified atom stereocenters. The lowest BCUT2D eigenvalue weighted by atomic mass is 9.67. The number of hydrogen-bond donors (Lipinski definition) is 2. The van der Waals surface area contributed by atoms with Crippen LogP contribution >= 0.6 is 11.6 Å². The molecule has 188 valence electrons. The Hall–Kier alpha value is -3.10. The smallest absolute Gasteiger partial charge is 0.418 e. The summed E-state index contributed by atoms with van der Waals surface area (Å²) in [5, 5.41) is 12.2. The van der Waals surface area contributed by atoms with Gasteiger partial charge in [-0.15, -0.1) is 0 Å². The van der Waals surface area contributed by atoms with Crippen molar-refractivity contribution in [3.8, 4) is 5.75 Å². The zero-order chi connectivity index (χ0) is 25.7. The zero-order valence-corrected chi connectivity index (χ0v) is 20.5. The Kier molecular flexibility index (Phi) is 6.00. The highest BCUT2D eigenvalue weighted by Gasteiger charge is 2.61. The van der Waals surface area contributed by atoms with Gasteiger partial charge in [-0.2, -0.15) is 13.2 Å². The summed E-state index contributed by atoms with van der Waals surface area (Å²) in [6, 6.07) is 13.2. The number of ether oxygens (including phenoxy) is 1. The maximum absolute atomic E-state index is 15.0. The average molecular weight is 516 g/mol. The van der Waals surface area contributed by atoms with Crippen LogP contribution in [0.25, 0.3) is 11.0 Å². The molecule has 0 bridgehead atoms. The average Bonchev–Trinajstić information content (AvgIpc) is 3.44. The number of benzene rings is 2. The van der Waals surface area contributed by atoms with Crippen molar-refractivity contribution >= 4 is 22.6 Å². The SMILES string of the molecule is CC(C)(CC(O)(C(c1ccccc1)c1cc2ncncc2[nH]1)C(F)(F)F)c1cc(Cl)cc2c1OCC2. The minimum absolute atomic E-state index is 0.194. The minimum atomic E-state index is -4.98. The van der Waals surface area contributed by atoms with E-state index in [9.17, 15) is 5.11 Å². The topological polar surface area (TPSA) is 71.0 Å². The maximum Gasteiger partial charge on any atom is 0.418 e. The first kappa shape index (κ1) is 24.6. The van der Waals surface area contributed by atoms with Crippen LogP contribution in [0.5, 0.6) is 5.75 Å². The monoisotopic (exact) mass is 515 g/mol. The molecule has 36 heavy (non-hydrogen) atoms. The summed E-state index contributed by atoms with van der Waals surface area (Å²) in [5.41, 5.74) is -1.44. The van der Waals surface area contributed by atoms with E-state index in [2.05, 4.69) is 15.0 Å². The van der Waals surface area contributed by atoms with E-state index in [1.165, 1.54) is 12.5 Å². The summed E-state index contributed by atoms with van der Waals surface area (Å²) >= 11 is 6.34. The van der Waals surface area contributed by atoms with Gasteiger partial charge < -0.3 is 14.8 Å². The van der Waals surface area contributed by atoms with E-state index in [0.29, 0.717) is 46.0 Å². The van der Waals surface area contributed by atoms with E-state index < -0.39 is 29.5 Å². The molecule has 2 atom stereocenters. The van der Waals surface area contributed by atoms with Gasteiger partial charge in [0.15, 0.2) is 5.60 Å². The van der Waals surface area contributed by atoms with Crippen molar-refractivity contribution in [3.05, 3.63) is 88.5 Å². The third-order valence-corrected chi connectivity index (χ3v) is 7.13. The molecule has 4 aromatic rings. The van der Waals surface area contributed by atoms with Crippen molar-refractivity contribution in [2.45, 2.75) is 49.8 Å². The number of nitrogens with zero attached hydrogens (tertiary/aromatic N) is 2. The second-order valence-corrected chi connectivity index (χ2v) is 10.3. The van der Waals surface area contributed by atoms with Crippen LogP contribution in [0.2, 0.25) is 5.02 Å². The van der Waals surface area contributed by atoms with Gasteiger partial charge in [-0.1, -0.05) is 55.8 Å². The summed E-state index contributed by atoms with van der Waals surface area (Å²) in [5.74, 6) is -0.911. The van der Waals surface area contributed by atoms with Gasteiger partial charge in [0.25, 0.3) is 0 Å². The van der Waals surface area contributed by atoms with Crippen molar-refractivity contribution in [3.63, 3.8) is 0 Å². The van der Waals surface area contributed by atoms with Crippen LogP contribution in [0.3, 0.4) is 0 Å². The van der Waals surface area contributed by atoms with Crippen molar-refractivity contribution in [2.24, 2.45) is 0 Å². The first-order valence-corrected chi connectivity index (χ1v) is 12.0. The lowest BCUT2D eigenvalue weighted by Crippen LogP contribution is -2.53. The van der Waals surface area contributed by atoms with E-state index in [1.807, 2.05) is 0 Å². The summed E-state index contributed by atoms with van der Waals surface area (Å²) in [7, 11) is 0. The Bertz CT molecular complexity index is 1370. The van der Waals surface area contributed by atoms with Gasteiger partial charge in [-0.25, -0.2) is 9.97 Å². The van der Waals surface area contributed by atoms with Gasteiger partial charge in [0.2, 0.25) is 0 Å². The van der Waals surface area contributed by atoms with Gasteiger partial charge in [0.1, 0.15) is 12.1 Å². The predicted octanol–water partition coefficient (Wildman–Crippen LogP) is 6.34. The third-order valence-electron chi connectivity index (χ3n) is 6.92. The fourth-order valence-corrected chi connectivity index (χ4v) is 5.55. The molecule has 0 radical (unpaired) electrons. The van der Waals surface area contributed by atoms with E-state index in [-0.39, 0.29) is 5.69 Å². The second-order valence-electron chi connectivity index (χ2n) is 9.91. The van der Waals surface area contributed by atoms with E-state index in [4.69, 9.17) is 16.3 Å². The number of halogens is 4. The predicted molar refractivity (Wildman–Crippen MR) is 131 cm³/mol. The normalized spacial score (nSPS) is 16.4. The highest BCUT2D eigenvalue weighted by Crippen LogP contribution is 2.53. The molecule has 0 spiro atoms. The molecule has 0 saturated heterocycles. The summed E-state index contributed by atoms with van der Waals surface area (Å²) in [6.45, 7) is 3.79. The molecule has 0 aliphatic carbocycles. The molecule has 2 aromatic heterocycles. The molecule has 1 aliphatic rings. The number of rotatable bonds is 6. The van der Waals surface area contributed by atoms with Gasteiger partial charge >= 0.3 is 6.18 Å². The van der Waals surface area contributed by atoms with Gasteiger partial charge in [0.05, 0.1) is 29.8 Å². The molecule has 3 heterocycles. The number of aromatic nitrogens is 3. The molecule has 9 heteroatoms. The lowest BCUT2D eigenvalue weighted by Gasteiger charge is -2.43. The van der Waals surface area contributed by atoms with Crippen molar-refractivity contribution in [1.82, 2.24) is 15.0 Å². The Morgan fingerprint density at radius 2 is 1.89 bits per heavy atom. The summed E-state index contributed by atoms with van der Waals surface area (Å²) in [6.07, 6.45) is -2.16. The number of nitrogens with one attached hydrogen (secondary N) is 1. The van der Waals surface area contributed by atoms with Crippen molar-refractivity contribution in [1.29, 1.82) is 0 Å². The molecular weight excluding hydrogens is 491 g/mol. The molecule has 2 N–H and O–H groups in total. The molecule has 5 rings (SSSR count). The van der Waals surface area contributed by atoms with E-state index >= 15 is 13.2 Å². The Balaban J connectivity index is 1.68. The first-order valence-electron chi connectivity index (χ1n) is 11.6. The van der Waals surface area contributed by atoms with E-state index in [1.54, 1.807) is 62.4 Å². The Morgan fingerprint density at radius 3 is 2.58 bits per heavy atom. The van der Waals surface area contributed by atoms with Crippen LogP contribution in [0, 0.1) is 0 Å². The largest absolute Gasteiger partial charge is 0.493 e. The third kappa shape index (κ3) is 4.22. The fraction of sp³-hybridized carbons (Fsp3) is 0.333. The van der Waals surface area contributed by atoms with Crippen LogP contribution in [0.1, 0.15) is 48.6 Å². The number of aliphatic hydroxyl groups is 1. The zero-order valence-electron chi connectivity index (χ0n) is 19.7. The number of aromatic amines is 1. The molecule has 2 aromatic carbocycles. The van der Waals surface area contributed by atoms with Crippen LogP contribution in [0.4, 0.5) is 13.2 Å². The van der Waals surface area contributed by atoms with Crippen LogP contribution < -0.4 is 4.74 Å². The maximum atomic E-state index is 15.0. The molecule has 1 aliphatic heterocycles. The lowest BCUT2D eigenvalue weighted by molar-refractivity contribution is -0.272. The van der Waals surface area contributed by atoms with Crippen molar-refractivity contribution in [2.75, 3.05) is 6.61 Å². The van der Waals surface area contributed by atoms with Crippen LogP contribution in [-0.4, -0.2) is 38.4 Å². The van der Waals surface area contributed by atoms with Gasteiger partial charge in [-0.3, -0.25) is 0 Å². The molecule has 0 saturated carbocycles. The number of hydrogen-bond acceptors (Lipinski definition) is 4. The fourth-order valence-electron chi connectivity index (χ4n) is 5.31. The molecule has 0 amide bonds. The standard InChI is InChI=1S/C27H25ClF3N3O2/c1-25(2,19-11-18(28)10-17-8-9-36-24(17)19)14-26(35,27(29,30)31)23(16-6-4-3-5-7-16)21-12-20-22(34-21)13-32-15-33-20/h3-7,10-13,15,23,34-35H,8-9,14H2,1-2H3. The quantitative estimate of drug-likeness (QED) is 0.314. The number of alkyl halides is 3. The first-order chi connectivity index (χ1) is 17.0. The summed E-state index contributed by atoms with van der Waals surface area (Å²) in [4.78, 5) is 11.1. The van der Waals surface area contributed by atoms with Crippen molar-refractivity contribution < 1.29 is 23.0 Å². The van der Waals surface area contributed by atoms with Crippen LogP contribution in [-0.2, 0) is 11.8 Å². The van der Waals surface area contributed by atoms with E-state index in [0.717, 1.165) is 5.56 Å². The number of H-pyrrole nitrogens is 1. The molecular formula is C27H25ClF3N3O2. The number of fused-ring (bicyclic) bond motifs is 2. The van der Waals surface area contributed by atoms with Crippen LogP contribution in [0.15, 0.2) is 61.1 Å².